The average Bonchev–Trinajstić information content (AvgIpc) is 3.07. The molecular formula is C13H19N3O3. The van der Waals surface area contributed by atoms with Crippen LogP contribution in [0.2, 0.25) is 0 Å². The number of hydrogen-bond acceptors (Lipinski definition) is 5. The van der Waals surface area contributed by atoms with E-state index in [0.717, 1.165) is 19.6 Å². The summed E-state index contributed by atoms with van der Waals surface area (Å²) in [4.78, 5) is 14.4. The SMILES string of the molecule is COCc1cc(C(=O)N2CC3CNCC3C2C)no1. The largest absolute Gasteiger partial charge is 0.377 e. The lowest BCUT2D eigenvalue weighted by Crippen LogP contribution is -2.38. The molecule has 0 aliphatic carbocycles. The van der Waals surface area contributed by atoms with Crippen LogP contribution in [0, 0.1) is 11.8 Å². The molecule has 2 aliphatic rings. The second-order valence-electron chi connectivity index (χ2n) is 5.39. The molecule has 0 spiro atoms. The van der Waals surface area contributed by atoms with Gasteiger partial charge >= 0.3 is 0 Å². The third-order valence-corrected chi connectivity index (χ3v) is 4.26. The van der Waals surface area contributed by atoms with Gasteiger partial charge in [0.25, 0.3) is 5.91 Å². The quantitative estimate of drug-likeness (QED) is 0.862. The lowest BCUT2D eigenvalue weighted by atomic mass is 9.95. The van der Waals surface area contributed by atoms with Crippen molar-refractivity contribution in [3.05, 3.63) is 17.5 Å². The van der Waals surface area contributed by atoms with Gasteiger partial charge in [-0.3, -0.25) is 4.79 Å². The molecule has 0 saturated carbocycles. The van der Waals surface area contributed by atoms with Crippen LogP contribution in [-0.2, 0) is 11.3 Å². The molecule has 3 unspecified atom stereocenters. The van der Waals surface area contributed by atoms with Gasteiger partial charge in [-0.1, -0.05) is 5.16 Å². The van der Waals surface area contributed by atoms with Crippen molar-refractivity contribution in [3.63, 3.8) is 0 Å². The molecule has 3 atom stereocenters. The first-order chi connectivity index (χ1) is 9.20. The van der Waals surface area contributed by atoms with Gasteiger partial charge in [0, 0.05) is 38.9 Å². The fourth-order valence-electron chi connectivity index (χ4n) is 3.21. The summed E-state index contributed by atoms with van der Waals surface area (Å²) < 4.78 is 10.0. The van der Waals surface area contributed by atoms with Crippen molar-refractivity contribution < 1.29 is 14.1 Å². The number of amides is 1. The number of aromatic nitrogens is 1. The molecule has 2 aliphatic heterocycles. The Kier molecular flexibility index (Phi) is 3.28. The van der Waals surface area contributed by atoms with Crippen LogP contribution < -0.4 is 5.32 Å². The van der Waals surface area contributed by atoms with Gasteiger partial charge in [0.2, 0.25) is 0 Å². The first-order valence-corrected chi connectivity index (χ1v) is 6.67. The van der Waals surface area contributed by atoms with Crippen molar-refractivity contribution in [1.82, 2.24) is 15.4 Å². The van der Waals surface area contributed by atoms with E-state index in [2.05, 4.69) is 17.4 Å². The zero-order chi connectivity index (χ0) is 13.4. The molecule has 2 fully saturated rings. The fraction of sp³-hybridized carbons (Fsp3) is 0.692. The summed E-state index contributed by atoms with van der Waals surface area (Å²) in [7, 11) is 1.58. The number of likely N-dealkylation sites (tertiary alicyclic amines) is 1. The van der Waals surface area contributed by atoms with E-state index in [1.807, 2.05) is 4.90 Å². The maximum Gasteiger partial charge on any atom is 0.276 e. The first-order valence-electron chi connectivity index (χ1n) is 6.67. The van der Waals surface area contributed by atoms with Gasteiger partial charge < -0.3 is 19.5 Å². The number of ether oxygens (including phenoxy) is 1. The Morgan fingerprint density at radius 1 is 1.63 bits per heavy atom. The topological polar surface area (TPSA) is 67.6 Å². The van der Waals surface area contributed by atoms with Crippen LogP contribution in [0.4, 0.5) is 0 Å². The number of nitrogens with zero attached hydrogens (tertiary/aromatic N) is 2. The van der Waals surface area contributed by atoms with Gasteiger partial charge in [-0.05, 0) is 18.8 Å². The Morgan fingerprint density at radius 3 is 3.21 bits per heavy atom. The van der Waals surface area contributed by atoms with Crippen LogP contribution in [0.1, 0.15) is 23.2 Å². The molecule has 0 aromatic carbocycles. The van der Waals surface area contributed by atoms with Crippen molar-refractivity contribution in [1.29, 1.82) is 0 Å². The summed E-state index contributed by atoms with van der Waals surface area (Å²) in [6, 6.07) is 1.93. The second-order valence-corrected chi connectivity index (χ2v) is 5.39. The molecule has 6 heteroatoms. The predicted molar refractivity (Wildman–Crippen MR) is 67.6 cm³/mol. The van der Waals surface area contributed by atoms with Crippen LogP contribution in [0.15, 0.2) is 10.6 Å². The number of carbonyl (C=O) groups excluding carboxylic acids is 1. The zero-order valence-corrected chi connectivity index (χ0v) is 11.3. The summed E-state index contributed by atoms with van der Waals surface area (Å²) >= 11 is 0. The maximum absolute atomic E-state index is 12.4. The highest BCUT2D eigenvalue weighted by atomic mass is 16.5. The van der Waals surface area contributed by atoms with E-state index in [9.17, 15) is 4.79 Å². The monoisotopic (exact) mass is 265 g/mol. The number of rotatable bonds is 3. The van der Waals surface area contributed by atoms with Gasteiger partial charge in [-0.15, -0.1) is 0 Å². The van der Waals surface area contributed by atoms with Crippen LogP contribution >= 0.6 is 0 Å². The Labute approximate surface area is 112 Å². The van der Waals surface area contributed by atoms with Crippen LogP contribution in [-0.4, -0.2) is 48.7 Å². The number of carbonyl (C=O) groups is 1. The average molecular weight is 265 g/mol. The van der Waals surface area contributed by atoms with Crippen molar-refractivity contribution in [2.45, 2.75) is 19.6 Å². The summed E-state index contributed by atoms with van der Waals surface area (Å²) in [5, 5.41) is 7.23. The van der Waals surface area contributed by atoms with Crippen molar-refractivity contribution >= 4 is 5.91 Å². The van der Waals surface area contributed by atoms with Crippen LogP contribution in [0.3, 0.4) is 0 Å². The third-order valence-electron chi connectivity index (χ3n) is 4.26. The Hall–Kier alpha value is -1.40. The highest BCUT2D eigenvalue weighted by Crippen LogP contribution is 2.33. The van der Waals surface area contributed by atoms with Crippen molar-refractivity contribution in [2.75, 3.05) is 26.7 Å². The van der Waals surface area contributed by atoms with Gasteiger partial charge in [0.05, 0.1) is 0 Å². The minimum atomic E-state index is -0.0343. The van der Waals surface area contributed by atoms with Crippen molar-refractivity contribution in [2.24, 2.45) is 11.8 Å². The van der Waals surface area contributed by atoms with Gasteiger partial charge in [0.15, 0.2) is 11.5 Å². The normalized spacial score (nSPS) is 29.8. The smallest absolute Gasteiger partial charge is 0.276 e. The van der Waals surface area contributed by atoms with Crippen LogP contribution in [0.5, 0.6) is 0 Å². The van der Waals surface area contributed by atoms with E-state index in [-0.39, 0.29) is 11.9 Å². The molecule has 1 aromatic heterocycles. The lowest BCUT2D eigenvalue weighted by molar-refractivity contribution is 0.0717. The molecule has 1 aromatic rings. The molecule has 0 radical (unpaired) electrons. The molecule has 19 heavy (non-hydrogen) atoms. The molecule has 3 heterocycles. The second kappa shape index (κ2) is 4.94. The standard InChI is InChI=1S/C13H19N3O3/c1-8-11-5-14-4-9(11)6-16(8)13(17)12-3-10(7-18-2)19-15-12/h3,8-9,11,14H,4-7H2,1-2H3. The highest BCUT2D eigenvalue weighted by Gasteiger charge is 2.44. The molecule has 0 bridgehead atoms. The lowest BCUT2D eigenvalue weighted by Gasteiger charge is -2.23. The summed E-state index contributed by atoms with van der Waals surface area (Å²) in [6.07, 6.45) is 0. The Bertz CT molecular complexity index is 473. The van der Waals surface area contributed by atoms with E-state index in [0.29, 0.717) is 29.9 Å². The van der Waals surface area contributed by atoms with E-state index in [1.165, 1.54) is 0 Å². The van der Waals surface area contributed by atoms with E-state index >= 15 is 0 Å². The third kappa shape index (κ3) is 2.15. The Balaban J connectivity index is 1.73. The van der Waals surface area contributed by atoms with E-state index in [1.54, 1.807) is 13.2 Å². The highest BCUT2D eigenvalue weighted by molar-refractivity contribution is 5.92. The predicted octanol–water partition coefficient (Wildman–Crippen LogP) is 0.501. The summed E-state index contributed by atoms with van der Waals surface area (Å²) in [5.41, 5.74) is 0.381. The van der Waals surface area contributed by atoms with Gasteiger partial charge in [-0.25, -0.2) is 0 Å². The number of methoxy groups -OCH3 is 1. The zero-order valence-electron chi connectivity index (χ0n) is 11.3. The molecule has 3 rings (SSSR count). The van der Waals surface area contributed by atoms with Gasteiger partial charge in [0.1, 0.15) is 6.61 Å². The number of nitrogens with one attached hydrogen (secondary N) is 1. The molecule has 104 valence electrons. The Morgan fingerprint density at radius 2 is 2.47 bits per heavy atom. The fourth-order valence-corrected chi connectivity index (χ4v) is 3.21. The van der Waals surface area contributed by atoms with Crippen molar-refractivity contribution in [3.8, 4) is 0 Å². The molecule has 2 saturated heterocycles. The van der Waals surface area contributed by atoms with E-state index in [4.69, 9.17) is 9.26 Å². The molecule has 1 N–H and O–H groups in total. The molecular weight excluding hydrogens is 246 g/mol. The minimum absolute atomic E-state index is 0.0343. The maximum atomic E-state index is 12.4. The van der Waals surface area contributed by atoms with E-state index < -0.39 is 0 Å². The first kappa shape index (κ1) is 12.6. The number of fused-ring (bicyclic) bond motifs is 1. The summed E-state index contributed by atoms with van der Waals surface area (Å²) in [5.74, 6) is 1.69. The molecule has 1 amide bonds. The number of hydrogen-bond donors (Lipinski definition) is 1. The summed E-state index contributed by atoms with van der Waals surface area (Å²) in [6.45, 7) is 5.27. The minimum Gasteiger partial charge on any atom is -0.377 e. The van der Waals surface area contributed by atoms with Crippen LogP contribution in [0.25, 0.3) is 0 Å². The molecule has 6 nitrogen and oxygen atoms in total. The van der Waals surface area contributed by atoms with Gasteiger partial charge in [-0.2, -0.15) is 0 Å².